The molecule has 1 N–H and O–H groups in total. The molecule has 0 fully saturated rings. The summed E-state index contributed by atoms with van der Waals surface area (Å²) in [4.78, 5) is 10.2. The molecule has 0 atom stereocenters. The molecule has 182 valence electrons. The minimum atomic E-state index is 0.763. The minimum absolute atomic E-state index is 0.763. The summed E-state index contributed by atoms with van der Waals surface area (Å²) < 4.78 is 0. The van der Waals surface area contributed by atoms with Crippen LogP contribution < -0.4 is 5.32 Å². The van der Waals surface area contributed by atoms with Gasteiger partial charge >= 0.3 is 0 Å². The molecular formula is C28H59NO. The Balaban J connectivity index is 0. The van der Waals surface area contributed by atoms with E-state index in [9.17, 15) is 4.79 Å². The van der Waals surface area contributed by atoms with Crippen LogP contribution in [0.2, 0.25) is 0 Å². The highest BCUT2D eigenvalue weighted by Crippen LogP contribution is 2.14. The largest absolute Gasteiger partial charge is 0.320 e. The zero-order chi connectivity index (χ0) is 22.5. The third-order valence-corrected chi connectivity index (χ3v) is 5.90. The predicted molar refractivity (Wildman–Crippen MR) is 137 cm³/mol. The van der Waals surface area contributed by atoms with Gasteiger partial charge < -0.3 is 10.1 Å². The summed E-state index contributed by atoms with van der Waals surface area (Å²) in [7, 11) is 1.99. The van der Waals surface area contributed by atoms with Crippen LogP contribution >= 0.6 is 0 Å². The Hall–Kier alpha value is -0.370. The molecule has 2 heteroatoms. The van der Waals surface area contributed by atoms with Crippen LogP contribution in [0, 0.1) is 5.92 Å². The van der Waals surface area contributed by atoms with Gasteiger partial charge in [-0.05, 0) is 32.4 Å². The van der Waals surface area contributed by atoms with Gasteiger partial charge in [0.15, 0.2) is 0 Å². The molecule has 0 radical (unpaired) electrons. The standard InChI is InChI=1S/C22H44O.C6H15N/c1-2-3-4-5-6-7-8-9-10-11-12-13-14-15-16-17-18-19-20-21-22-23;1-6(2)4-5-7-3/h22H,2-21H2,1H3;6-7H,4-5H2,1-3H3. The van der Waals surface area contributed by atoms with E-state index in [-0.39, 0.29) is 0 Å². The molecule has 30 heavy (non-hydrogen) atoms. The van der Waals surface area contributed by atoms with Crippen molar-refractivity contribution in [2.75, 3.05) is 13.6 Å². The van der Waals surface area contributed by atoms with Gasteiger partial charge in [0.25, 0.3) is 0 Å². The topological polar surface area (TPSA) is 29.1 Å². The second-order valence-corrected chi connectivity index (χ2v) is 9.61. The molecule has 0 aromatic carbocycles. The van der Waals surface area contributed by atoms with E-state index >= 15 is 0 Å². The van der Waals surface area contributed by atoms with Crippen molar-refractivity contribution in [3.05, 3.63) is 0 Å². The summed E-state index contributed by atoms with van der Waals surface area (Å²) in [6.07, 6.45) is 29.8. The second kappa shape index (κ2) is 30.8. The minimum Gasteiger partial charge on any atom is -0.320 e. The summed E-state index contributed by atoms with van der Waals surface area (Å²) in [6.45, 7) is 7.91. The molecule has 0 heterocycles. The molecule has 0 spiro atoms. The summed E-state index contributed by atoms with van der Waals surface area (Å²) in [5.74, 6) is 0.840. The van der Waals surface area contributed by atoms with Crippen LogP contribution in [0.15, 0.2) is 0 Å². The van der Waals surface area contributed by atoms with E-state index in [0.717, 1.165) is 31.6 Å². The monoisotopic (exact) mass is 425 g/mol. The van der Waals surface area contributed by atoms with Gasteiger partial charge in [-0.3, -0.25) is 0 Å². The third kappa shape index (κ3) is 35.1. The van der Waals surface area contributed by atoms with Crippen LogP contribution in [0.25, 0.3) is 0 Å². The van der Waals surface area contributed by atoms with E-state index < -0.39 is 0 Å². The van der Waals surface area contributed by atoms with E-state index in [0.29, 0.717) is 0 Å². The van der Waals surface area contributed by atoms with Crippen LogP contribution in [-0.4, -0.2) is 19.9 Å². The third-order valence-electron chi connectivity index (χ3n) is 5.90. The fourth-order valence-electron chi connectivity index (χ4n) is 3.74. The summed E-state index contributed by atoms with van der Waals surface area (Å²) >= 11 is 0. The molecule has 0 aliphatic rings. The smallest absolute Gasteiger partial charge is 0.119 e. The molecule has 0 unspecified atom stereocenters. The van der Waals surface area contributed by atoms with E-state index in [4.69, 9.17) is 0 Å². The molecule has 0 saturated carbocycles. The first-order valence-electron chi connectivity index (χ1n) is 13.8. The number of rotatable bonds is 23. The zero-order valence-corrected chi connectivity index (χ0v) is 21.6. The Kier molecular flexibility index (Phi) is 32.7. The molecule has 0 amide bonds. The van der Waals surface area contributed by atoms with Crippen LogP contribution in [0.4, 0.5) is 0 Å². The van der Waals surface area contributed by atoms with Crippen molar-refractivity contribution >= 4 is 6.29 Å². The summed E-state index contributed by atoms with van der Waals surface area (Å²) in [5, 5.41) is 3.10. The summed E-state index contributed by atoms with van der Waals surface area (Å²) in [5.41, 5.74) is 0. The molecular weight excluding hydrogens is 366 g/mol. The van der Waals surface area contributed by atoms with Gasteiger partial charge in [0, 0.05) is 6.42 Å². The van der Waals surface area contributed by atoms with Crippen LogP contribution in [0.1, 0.15) is 156 Å². The fourth-order valence-corrected chi connectivity index (χ4v) is 3.74. The maximum atomic E-state index is 10.2. The molecule has 0 saturated heterocycles. The van der Waals surface area contributed by atoms with Crippen molar-refractivity contribution in [2.45, 2.75) is 156 Å². The Morgan fingerprint density at radius 1 is 0.600 bits per heavy atom. The van der Waals surface area contributed by atoms with Crippen LogP contribution in [0.3, 0.4) is 0 Å². The van der Waals surface area contributed by atoms with Gasteiger partial charge in [-0.15, -0.1) is 0 Å². The lowest BCUT2D eigenvalue weighted by atomic mass is 10.0. The maximum Gasteiger partial charge on any atom is 0.119 e. The quantitative estimate of drug-likeness (QED) is 0.130. The van der Waals surface area contributed by atoms with Crippen molar-refractivity contribution in [3.63, 3.8) is 0 Å². The number of nitrogens with one attached hydrogen (secondary N) is 1. The second-order valence-electron chi connectivity index (χ2n) is 9.61. The molecule has 2 nitrogen and oxygen atoms in total. The number of carbonyl (C=O) groups is 1. The number of aldehydes is 1. The lowest BCUT2D eigenvalue weighted by molar-refractivity contribution is -0.107. The lowest BCUT2D eigenvalue weighted by Gasteiger charge is -2.03. The first-order chi connectivity index (χ1) is 14.7. The number of unbranched alkanes of at least 4 members (excludes halogenated alkanes) is 19. The van der Waals surface area contributed by atoms with E-state index in [2.05, 4.69) is 26.1 Å². The summed E-state index contributed by atoms with van der Waals surface area (Å²) in [6, 6.07) is 0. The lowest BCUT2D eigenvalue weighted by Crippen LogP contribution is -2.09. The molecule has 0 aromatic heterocycles. The predicted octanol–water partition coefficient (Wildman–Crippen LogP) is 9.26. The van der Waals surface area contributed by atoms with Crippen LogP contribution in [0.5, 0.6) is 0 Å². The number of hydrogen-bond donors (Lipinski definition) is 1. The highest BCUT2D eigenvalue weighted by atomic mass is 16.1. The Morgan fingerprint density at radius 3 is 1.17 bits per heavy atom. The van der Waals surface area contributed by atoms with Crippen molar-refractivity contribution in [2.24, 2.45) is 5.92 Å². The van der Waals surface area contributed by atoms with E-state index in [1.54, 1.807) is 0 Å². The molecule has 0 rings (SSSR count). The van der Waals surface area contributed by atoms with E-state index in [1.807, 2.05) is 7.05 Å². The number of carbonyl (C=O) groups excluding carboxylic acids is 1. The van der Waals surface area contributed by atoms with Crippen molar-refractivity contribution in [1.82, 2.24) is 5.32 Å². The van der Waals surface area contributed by atoms with Crippen LogP contribution in [-0.2, 0) is 4.79 Å². The van der Waals surface area contributed by atoms with Crippen molar-refractivity contribution in [1.29, 1.82) is 0 Å². The normalized spacial score (nSPS) is 10.8. The average molecular weight is 426 g/mol. The Labute approximate surface area is 191 Å². The Morgan fingerprint density at radius 2 is 0.933 bits per heavy atom. The maximum absolute atomic E-state index is 10.2. The first kappa shape index (κ1) is 31.8. The van der Waals surface area contributed by atoms with Gasteiger partial charge in [-0.25, -0.2) is 0 Å². The molecule has 0 aliphatic heterocycles. The first-order valence-corrected chi connectivity index (χ1v) is 13.8. The van der Waals surface area contributed by atoms with Crippen molar-refractivity contribution in [3.8, 4) is 0 Å². The van der Waals surface area contributed by atoms with Gasteiger partial charge in [0.05, 0.1) is 0 Å². The van der Waals surface area contributed by atoms with Gasteiger partial charge in [0.2, 0.25) is 0 Å². The average Bonchev–Trinajstić information content (AvgIpc) is 2.74. The van der Waals surface area contributed by atoms with Gasteiger partial charge in [0.1, 0.15) is 6.29 Å². The molecule has 0 aromatic rings. The fraction of sp³-hybridized carbons (Fsp3) is 0.964. The van der Waals surface area contributed by atoms with Gasteiger partial charge in [-0.1, -0.05) is 136 Å². The zero-order valence-electron chi connectivity index (χ0n) is 21.6. The highest BCUT2D eigenvalue weighted by molar-refractivity contribution is 5.48. The SMILES string of the molecule is CCCCCCCCCCCCCCCCCCCCCC=O.CNCCC(C)C. The molecule has 0 aliphatic carbocycles. The Bertz CT molecular complexity index is 290. The van der Waals surface area contributed by atoms with E-state index in [1.165, 1.54) is 122 Å². The van der Waals surface area contributed by atoms with Crippen molar-refractivity contribution < 1.29 is 4.79 Å². The van der Waals surface area contributed by atoms with Gasteiger partial charge in [-0.2, -0.15) is 0 Å². The molecule has 0 bridgehead atoms. The number of hydrogen-bond acceptors (Lipinski definition) is 2. The highest BCUT2D eigenvalue weighted by Gasteiger charge is 1.95.